The van der Waals surface area contributed by atoms with Crippen molar-refractivity contribution in [2.75, 3.05) is 25.5 Å². The molecule has 6 nitrogen and oxygen atoms in total. The summed E-state index contributed by atoms with van der Waals surface area (Å²) in [6, 6.07) is 4.26. The summed E-state index contributed by atoms with van der Waals surface area (Å²) in [6.45, 7) is 3.56. The summed E-state index contributed by atoms with van der Waals surface area (Å²) >= 11 is 1.59. The van der Waals surface area contributed by atoms with Crippen LogP contribution in [0, 0.1) is 5.82 Å². The Morgan fingerprint density at radius 3 is 2.79 bits per heavy atom. The minimum Gasteiger partial charge on any atom is -0.505 e. The monoisotopic (exact) mass is 351 g/mol. The second-order valence-corrected chi connectivity index (χ2v) is 6.19. The zero-order valence-corrected chi connectivity index (χ0v) is 14.8. The van der Waals surface area contributed by atoms with E-state index in [-0.39, 0.29) is 5.75 Å². The molecule has 1 heterocycles. The van der Waals surface area contributed by atoms with E-state index < -0.39 is 5.82 Å². The zero-order chi connectivity index (χ0) is 17.5. The molecular weight excluding hydrogens is 329 g/mol. The molecule has 0 bridgehead atoms. The van der Waals surface area contributed by atoms with Crippen molar-refractivity contribution in [1.82, 2.24) is 15.6 Å². The van der Waals surface area contributed by atoms with E-state index in [4.69, 9.17) is 0 Å². The lowest BCUT2D eigenvalue weighted by atomic mass is 10.2. The van der Waals surface area contributed by atoms with E-state index in [1.54, 1.807) is 17.4 Å². The van der Waals surface area contributed by atoms with Crippen LogP contribution >= 0.6 is 11.3 Å². The van der Waals surface area contributed by atoms with E-state index in [2.05, 4.69) is 20.6 Å². The van der Waals surface area contributed by atoms with Gasteiger partial charge in [0.2, 0.25) is 0 Å². The van der Waals surface area contributed by atoms with Crippen molar-refractivity contribution in [1.29, 1.82) is 0 Å². The number of aliphatic imine (C=N–C) groups is 1. The lowest BCUT2D eigenvalue weighted by Gasteiger charge is -2.10. The molecule has 1 aromatic heterocycles. The average molecular weight is 351 g/mol. The number of anilines is 1. The van der Waals surface area contributed by atoms with Crippen LogP contribution < -0.4 is 15.5 Å². The lowest BCUT2D eigenvalue weighted by Crippen LogP contribution is -2.36. The third kappa shape index (κ3) is 5.09. The maximum atomic E-state index is 13.3. The summed E-state index contributed by atoms with van der Waals surface area (Å²) < 4.78 is 13.3. The third-order valence-electron chi connectivity index (χ3n) is 3.14. The van der Waals surface area contributed by atoms with Crippen LogP contribution in [0.3, 0.4) is 0 Å². The van der Waals surface area contributed by atoms with Crippen molar-refractivity contribution in [2.24, 2.45) is 4.99 Å². The average Bonchev–Trinajstić information content (AvgIpc) is 3.02. The molecule has 2 aromatic rings. The molecule has 0 atom stereocenters. The van der Waals surface area contributed by atoms with Crippen LogP contribution in [0.4, 0.5) is 9.52 Å². The number of hydrogen-bond donors (Lipinski definition) is 3. The van der Waals surface area contributed by atoms with Crippen LogP contribution in [-0.4, -0.2) is 36.7 Å². The molecule has 0 radical (unpaired) electrons. The molecule has 0 aliphatic carbocycles. The van der Waals surface area contributed by atoms with E-state index in [9.17, 15) is 9.50 Å². The minimum absolute atomic E-state index is 0.312. The predicted octanol–water partition coefficient (Wildman–Crippen LogP) is 2.31. The Bertz CT molecular complexity index is 702. The van der Waals surface area contributed by atoms with Crippen molar-refractivity contribution in [3.63, 3.8) is 0 Å². The quantitative estimate of drug-likeness (QED) is 0.550. The molecule has 0 aliphatic heterocycles. The smallest absolute Gasteiger partial charge is 0.191 e. The summed E-state index contributed by atoms with van der Waals surface area (Å²) in [7, 11) is 3.91. The second kappa shape index (κ2) is 8.49. The van der Waals surface area contributed by atoms with Crippen LogP contribution in [0.1, 0.15) is 18.2 Å². The first-order valence-corrected chi connectivity index (χ1v) is 8.49. The molecule has 0 aliphatic rings. The maximum absolute atomic E-state index is 13.3. The number of phenolic OH excluding ortho intramolecular Hbond substituents is 1. The fourth-order valence-electron chi connectivity index (χ4n) is 1.92. The molecule has 0 saturated heterocycles. The van der Waals surface area contributed by atoms with E-state index in [1.807, 2.05) is 31.3 Å². The van der Waals surface area contributed by atoms with Gasteiger partial charge in [0.15, 0.2) is 22.7 Å². The minimum atomic E-state index is -0.639. The van der Waals surface area contributed by atoms with Crippen molar-refractivity contribution >= 4 is 22.4 Å². The molecule has 0 unspecified atom stereocenters. The van der Waals surface area contributed by atoms with E-state index >= 15 is 0 Å². The van der Waals surface area contributed by atoms with Gasteiger partial charge in [-0.2, -0.15) is 0 Å². The molecular formula is C16H22FN5OS. The number of benzene rings is 1. The summed E-state index contributed by atoms with van der Waals surface area (Å²) in [6.07, 6.45) is 0. The standard InChI is InChI=1S/C16H22FN5OS/c1-4-18-15(19-8-11-5-6-14(23)13(17)7-11)20-9-12-10-24-16(21-12)22(2)3/h5-7,10,23H,4,8-9H2,1-3H3,(H2,18,19,20). The lowest BCUT2D eigenvalue weighted by molar-refractivity contribution is 0.432. The number of guanidine groups is 1. The van der Waals surface area contributed by atoms with Crippen molar-refractivity contribution in [3.05, 3.63) is 40.7 Å². The first-order valence-electron chi connectivity index (χ1n) is 7.61. The molecule has 2 rings (SSSR count). The highest BCUT2D eigenvalue weighted by Crippen LogP contribution is 2.18. The first-order chi connectivity index (χ1) is 11.5. The second-order valence-electron chi connectivity index (χ2n) is 5.35. The molecule has 8 heteroatoms. The van der Waals surface area contributed by atoms with Crippen LogP contribution in [0.15, 0.2) is 28.6 Å². The molecule has 1 aromatic carbocycles. The molecule has 24 heavy (non-hydrogen) atoms. The summed E-state index contributed by atoms with van der Waals surface area (Å²) in [4.78, 5) is 10.9. The van der Waals surface area contributed by atoms with Crippen molar-refractivity contribution < 1.29 is 9.50 Å². The van der Waals surface area contributed by atoms with Gasteiger partial charge in [-0.3, -0.25) is 0 Å². The van der Waals surface area contributed by atoms with Gasteiger partial charge < -0.3 is 20.6 Å². The van der Waals surface area contributed by atoms with Crippen molar-refractivity contribution in [2.45, 2.75) is 20.0 Å². The molecule has 130 valence electrons. The van der Waals surface area contributed by atoms with Gasteiger partial charge in [0, 0.05) is 26.0 Å². The Labute approximate surface area is 145 Å². The highest BCUT2D eigenvalue weighted by atomic mass is 32.1. The Morgan fingerprint density at radius 1 is 1.38 bits per heavy atom. The van der Waals surface area contributed by atoms with Gasteiger partial charge in [-0.15, -0.1) is 11.3 Å². The zero-order valence-electron chi connectivity index (χ0n) is 14.0. The largest absolute Gasteiger partial charge is 0.505 e. The van der Waals surface area contributed by atoms with Gasteiger partial charge >= 0.3 is 0 Å². The number of thiazole rings is 1. The Balaban J connectivity index is 1.98. The molecule has 0 spiro atoms. The molecule has 0 saturated carbocycles. The predicted molar refractivity (Wildman–Crippen MR) is 96.2 cm³/mol. The van der Waals surface area contributed by atoms with E-state index in [0.717, 1.165) is 17.4 Å². The van der Waals surface area contributed by atoms with Crippen LogP contribution in [-0.2, 0) is 13.1 Å². The Morgan fingerprint density at radius 2 is 2.17 bits per heavy atom. The number of nitrogens with one attached hydrogen (secondary N) is 2. The Kier molecular flexibility index (Phi) is 6.36. The van der Waals surface area contributed by atoms with Gasteiger partial charge in [0.1, 0.15) is 0 Å². The molecule has 0 fully saturated rings. The maximum Gasteiger partial charge on any atom is 0.191 e. The summed E-state index contributed by atoms with van der Waals surface area (Å²) in [5, 5.41) is 18.5. The number of nitrogens with zero attached hydrogens (tertiary/aromatic N) is 3. The van der Waals surface area contributed by atoms with Crippen LogP contribution in [0.5, 0.6) is 5.75 Å². The number of aromatic hydroxyl groups is 1. The summed E-state index contributed by atoms with van der Waals surface area (Å²) in [5.74, 6) is -0.363. The normalized spacial score (nSPS) is 11.4. The fourth-order valence-corrected chi connectivity index (χ4v) is 2.68. The van der Waals surface area contributed by atoms with Gasteiger partial charge in [-0.1, -0.05) is 6.07 Å². The van der Waals surface area contributed by atoms with Crippen LogP contribution in [0.2, 0.25) is 0 Å². The number of rotatable bonds is 6. The Hall–Kier alpha value is -2.35. The first kappa shape index (κ1) is 18.0. The SMILES string of the molecule is CCNC(=NCc1ccc(O)c(F)c1)NCc1csc(N(C)C)n1. The number of phenols is 1. The van der Waals surface area contributed by atoms with Crippen molar-refractivity contribution in [3.8, 4) is 5.75 Å². The topological polar surface area (TPSA) is 72.8 Å². The highest BCUT2D eigenvalue weighted by Gasteiger charge is 2.05. The van der Waals surface area contributed by atoms with Gasteiger partial charge in [0.05, 0.1) is 18.8 Å². The van der Waals surface area contributed by atoms with Gasteiger partial charge in [-0.05, 0) is 24.6 Å². The van der Waals surface area contributed by atoms with Gasteiger partial charge in [-0.25, -0.2) is 14.4 Å². The highest BCUT2D eigenvalue weighted by molar-refractivity contribution is 7.13. The van der Waals surface area contributed by atoms with Gasteiger partial charge in [0.25, 0.3) is 0 Å². The van der Waals surface area contributed by atoms with Crippen LogP contribution in [0.25, 0.3) is 0 Å². The van der Waals surface area contributed by atoms with E-state index in [1.165, 1.54) is 12.1 Å². The fraction of sp³-hybridized carbons (Fsp3) is 0.375. The van der Waals surface area contributed by atoms with E-state index in [0.29, 0.717) is 24.6 Å². The number of halogens is 1. The molecule has 3 N–H and O–H groups in total. The number of hydrogen-bond acceptors (Lipinski definition) is 5. The third-order valence-corrected chi connectivity index (χ3v) is 4.19. The molecule has 0 amide bonds. The number of aromatic nitrogens is 1. The summed E-state index contributed by atoms with van der Waals surface area (Å²) in [5.41, 5.74) is 1.62.